The second-order valence-corrected chi connectivity index (χ2v) is 11.6. The van der Waals surface area contributed by atoms with Crippen LogP contribution in [0.5, 0.6) is 11.5 Å². The molecule has 0 saturated carbocycles. The van der Waals surface area contributed by atoms with Crippen LogP contribution in [0.25, 0.3) is 0 Å². The fourth-order valence-electron chi connectivity index (χ4n) is 5.56. The number of benzene rings is 2. The number of urea groups is 1. The number of carbonyl (C=O) groups is 1. The number of para-hydroxylation sites is 1. The molecular formula is C32H34BrN7O3. The van der Waals surface area contributed by atoms with Gasteiger partial charge in [-0.05, 0) is 59.7 Å². The SMILES string of the molecule is COc1ccc(N2C(=O)N(c3c(C)cccc3Br)Cc3cnc(Cc4ccc(N5CCN(C)CC5)cc4OC)nc32)nc1. The predicted octanol–water partition coefficient (Wildman–Crippen LogP) is 5.58. The zero-order valence-corrected chi connectivity index (χ0v) is 26.3. The van der Waals surface area contributed by atoms with Gasteiger partial charge in [-0.3, -0.25) is 4.90 Å². The molecule has 4 heterocycles. The number of aromatic nitrogens is 3. The minimum absolute atomic E-state index is 0.251. The summed E-state index contributed by atoms with van der Waals surface area (Å²) < 4.78 is 11.9. The molecule has 2 aliphatic rings. The maximum atomic E-state index is 14.2. The average molecular weight is 645 g/mol. The highest BCUT2D eigenvalue weighted by molar-refractivity contribution is 9.10. The molecule has 11 heteroatoms. The molecule has 2 aliphatic heterocycles. The highest BCUT2D eigenvalue weighted by atomic mass is 79.9. The van der Waals surface area contributed by atoms with Gasteiger partial charge < -0.3 is 19.3 Å². The Morgan fingerprint density at radius 2 is 1.77 bits per heavy atom. The summed E-state index contributed by atoms with van der Waals surface area (Å²) in [6.45, 7) is 6.33. The van der Waals surface area contributed by atoms with Crippen molar-refractivity contribution in [2.75, 3.05) is 62.1 Å². The summed E-state index contributed by atoms with van der Waals surface area (Å²) in [6, 6.07) is 15.5. The topological polar surface area (TPSA) is 87.2 Å². The van der Waals surface area contributed by atoms with E-state index in [1.54, 1.807) is 42.3 Å². The van der Waals surface area contributed by atoms with Crippen LogP contribution in [0.3, 0.4) is 0 Å². The van der Waals surface area contributed by atoms with Crippen molar-refractivity contribution in [2.45, 2.75) is 19.9 Å². The number of rotatable bonds is 7. The fourth-order valence-corrected chi connectivity index (χ4v) is 6.23. The summed E-state index contributed by atoms with van der Waals surface area (Å²) in [7, 11) is 5.42. The summed E-state index contributed by atoms with van der Waals surface area (Å²) in [6.07, 6.45) is 3.86. The van der Waals surface area contributed by atoms with E-state index in [0.717, 1.165) is 64.5 Å². The first-order valence-corrected chi connectivity index (χ1v) is 15.0. The van der Waals surface area contributed by atoms with Crippen LogP contribution in [0, 0.1) is 6.92 Å². The normalized spacial score (nSPS) is 15.5. The van der Waals surface area contributed by atoms with E-state index in [0.29, 0.717) is 36.2 Å². The van der Waals surface area contributed by atoms with Crippen molar-refractivity contribution >= 4 is 45.0 Å². The van der Waals surface area contributed by atoms with Crippen molar-refractivity contribution in [1.29, 1.82) is 0 Å². The summed E-state index contributed by atoms with van der Waals surface area (Å²) in [5.74, 6) is 2.93. The number of amides is 2. The van der Waals surface area contributed by atoms with Crippen LogP contribution in [0.2, 0.25) is 0 Å². The lowest BCUT2D eigenvalue weighted by Gasteiger charge is -2.36. The number of piperazine rings is 1. The molecule has 10 nitrogen and oxygen atoms in total. The molecule has 2 aromatic heterocycles. The van der Waals surface area contributed by atoms with Crippen molar-refractivity contribution in [2.24, 2.45) is 0 Å². The Hall–Kier alpha value is -4.22. The zero-order chi connectivity index (χ0) is 30.1. The number of hydrogen-bond donors (Lipinski definition) is 0. The van der Waals surface area contributed by atoms with E-state index in [1.165, 1.54) is 0 Å². The maximum Gasteiger partial charge on any atom is 0.336 e. The minimum Gasteiger partial charge on any atom is -0.496 e. The molecule has 2 amide bonds. The van der Waals surface area contributed by atoms with Crippen molar-refractivity contribution in [3.8, 4) is 11.5 Å². The zero-order valence-electron chi connectivity index (χ0n) is 24.7. The van der Waals surface area contributed by atoms with Crippen molar-refractivity contribution in [3.05, 3.63) is 87.9 Å². The van der Waals surface area contributed by atoms with Gasteiger partial charge in [0, 0.05) is 66.2 Å². The molecule has 222 valence electrons. The molecule has 0 N–H and O–H groups in total. The highest BCUT2D eigenvalue weighted by Gasteiger charge is 2.36. The van der Waals surface area contributed by atoms with Gasteiger partial charge in [-0.15, -0.1) is 0 Å². The van der Waals surface area contributed by atoms with E-state index in [-0.39, 0.29) is 6.03 Å². The molecule has 0 radical (unpaired) electrons. The number of carbonyl (C=O) groups excluding carboxylic acids is 1. The molecule has 4 aromatic rings. The Morgan fingerprint density at radius 1 is 0.953 bits per heavy atom. The Balaban J connectivity index is 1.36. The van der Waals surface area contributed by atoms with Crippen LogP contribution in [0.1, 0.15) is 22.5 Å². The van der Waals surface area contributed by atoms with Crippen molar-refractivity contribution in [3.63, 3.8) is 0 Å². The van der Waals surface area contributed by atoms with Gasteiger partial charge in [-0.2, -0.15) is 0 Å². The van der Waals surface area contributed by atoms with Gasteiger partial charge in [0.05, 0.1) is 32.6 Å². The number of aryl methyl sites for hydroxylation is 1. The molecule has 0 atom stereocenters. The number of nitrogens with zero attached hydrogens (tertiary/aromatic N) is 7. The number of hydrogen-bond acceptors (Lipinski definition) is 8. The second-order valence-electron chi connectivity index (χ2n) is 10.8. The Labute approximate surface area is 260 Å². The van der Waals surface area contributed by atoms with Gasteiger partial charge in [0.25, 0.3) is 0 Å². The molecule has 0 aliphatic carbocycles. The van der Waals surface area contributed by atoms with Crippen LogP contribution in [-0.2, 0) is 13.0 Å². The van der Waals surface area contributed by atoms with E-state index in [9.17, 15) is 4.79 Å². The average Bonchev–Trinajstić information content (AvgIpc) is 3.02. The summed E-state index contributed by atoms with van der Waals surface area (Å²) >= 11 is 3.65. The first-order valence-electron chi connectivity index (χ1n) is 14.2. The molecular weight excluding hydrogens is 610 g/mol. The standard InChI is InChI=1S/C32H34BrN7O3/c1-21-6-5-7-26(33)30(21)39-20-23-18-34-28(36-31(23)40(32(39)41)29-11-10-25(42-3)19-35-29)16-22-8-9-24(17-27(22)43-4)38-14-12-37(2)13-15-38/h5-11,17-19H,12-16,20H2,1-4H3. The smallest absolute Gasteiger partial charge is 0.336 e. The first-order chi connectivity index (χ1) is 20.9. The second kappa shape index (κ2) is 12.2. The summed E-state index contributed by atoms with van der Waals surface area (Å²) in [5.41, 5.74) is 4.70. The van der Waals surface area contributed by atoms with E-state index in [4.69, 9.17) is 19.4 Å². The molecule has 43 heavy (non-hydrogen) atoms. The number of ether oxygens (including phenoxy) is 2. The Bertz CT molecular complexity index is 1620. The molecule has 0 spiro atoms. The van der Waals surface area contributed by atoms with Gasteiger partial charge in [0.1, 0.15) is 23.1 Å². The minimum atomic E-state index is -0.251. The Kier molecular flexibility index (Phi) is 8.18. The van der Waals surface area contributed by atoms with Crippen LogP contribution in [0.4, 0.5) is 27.8 Å². The molecule has 2 aromatic carbocycles. The van der Waals surface area contributed by atoms with Crippen LogP contribution in [-0.4, -0.2) is 73.3 Å². The lowest BCUT2D eigenvalue weighted by atomic mass is 10.1. The summed E-state index contributed by atoms with van der Waals surface area (Å²) in [5, 5.41) is 0. The molecule has 1 saturated heterocycles. The molecule has 6 rings (SSSR count). The molecule has 0 bridgehead atoms. The van der Waals surface area contributed by atoms with E-state index < -0.39 is 0 Å². The van der Waals surface area contributed by atoms with Gasteiger partial charge in [-0.25, -0.2) is 24.6 Å². The predicted molar refractivity (Wildman–Crippen MR) is 171 cm³/mol. The van der Waals surface area contributed by atoms with Gasteiger partial charge in [0.15, 0.2) is 5.82 Å². The number of likely N-dealkylation sites (N-methyl/N-ethyl adjacent to an activating group) is 1. The van der Waals surface area contributed by atoms with Gasteiger partial charge in [0.2, 0.25) is 0 Å². The molecule has 1 fully saturated rings. The molecule has 0 unspecified atom stereocenters. The van der Waals surface area contributed by atoms with Crippen LogP contribution in [0.15, 0.2) is 65.4 Å². The Morgan fingerprint density at radius 3 is 2.47 bits per heavy atom. The van der Waals surface area contributed by atoms with E-state index in [2.05, 4.69) is 56.0 Å². The first kappa shape index (κ1) is 28.9. The number of fused-ring (bicyclic) bond motifs is 1. The fraction of sp³-hybridized carbons (Fsp3) is 0.312. The lowest BCUT2D eigenvalue weighted by Crippen LogP contribution is -2.46. The van der Waals surface area contributed by atoms with Crippen LogP contribution >= 0.6 is 15.9 Å². The third-order valence-corrected chi connectivity index (χ3v) is 8.63. The van der Waals surface area contributed by atoms with E-state index in [1.807, 2.05) is 31.3 Å². The van der Waals surface area contributed by atoms with Crippen molar-refractivity contribution in [1.82, 2.24) is 19.9 Å². The largest absolute Gasteiger partial charge is 0.496 e. The number of methoxy groups -OCH3 is 2. The van der Waals surface area contributed by atoms with E-state index >= 15 is 0 Å². The van der Waals surface area contributed by atoms with Crippen molar-refractivity contribution < 1.29 is 14.3 Å². The maximum absolute atomic E-state index is 14.2. The number of pyridine rings is 1. The lowest BCUT2D eigenvalue weighted by molar-refractivity contribution is 0.252. The monoisotopic (exact) mass is 643 g/mol. The third-order valence-electron chi connectivity index (χ3n) is 7.99. The number of anilines is 4. The third kappa shape index (κ3) is 5.74. The quantitative estimate of drug-likeness (QED) is 0.258. The van der Waals surface area contributed by atoms with Gasteiger partial charge in [-0.1, -0.05) is 18.2 Å². The summed E-state index contributed by atoms with van der Waals surface area (Å²) in [4.78, 5) is 36.4. The highest BCUT2D eigenvalue weighted by Crippen LogP contribution is 2.39. The van der Waals surface area contributed by atoms with Gasteiger partial charge >= 0.3 is 6.03 Å². The van der Waals surface area contributed by atoms with Crippen LogP contribution < -0.4 is 24.2 Å². The number of halogens is 1.